The Labute approximate surface area is 155 Å². The van der Waals surface area contributed by atoms with Gasteiger partial charge in [-0.1, -0.05) is 35.9 Å². The van der Waals surface area contributed by atoms with E-state index in [1.54, 1.807) is 55.6 Å². The van der Waals surface area contributed by atoms with Crippen molar-refractivity contribution in [1.82, 2.24) is 16.2 Å². The van der Waals surface area contributed by atoms with E-state index in [4.69, 9.17) is 28.6 Å². The molecule has 2 amide bonds. The normalized spacial score (nSPS) is 9.84. The van der Waals surface area contributed by atoms with Crippen LogP contribution in [0.5, 0.6) is 5.75 Å². The van der Waals surface area contributed by atoms with Gasteiger partial charge in [-0.2, -0.15) is 0 Å². The molecule has 0 heterocycles. The first-order chi connectivity index (χ1) is 12.0. The van der Waals surface area contributed by atoms with Gasteiger partial charge in [-0.3, -0.25) is 20.4 Å². The number of benzene rings is 2. The minimum atomic E-state index is -0.461. The highest BCUT2D eigenvalue weighted by molar-refractivity contribution is 7.80. The van der Waals surface area contributed by atoms with E-state index in [1.807, 2.05) is 0 Å². The van der Waals surface area contributed by atoms with E-state index in [9.17, 15) is 9.59 Å². The zero-order valence-electron chi connectivity index (χ0n) is 13.3. The molecule has 0 aliphatic carbocycles. The van der Waals surface area contributed by atoms with E-state index >= 15 is 0 Å². The molecular formula is C17H16ClN3O3S. The van der Waals surface area contributed by atoms with Crippen molar-refractivity contribution >= 4 is 40.7 Å². The maximum absolute atomic E-state index is 12.0. The Kier molecular flexibility index (Phi) is 6.73. The fourth-order valence-electron chi connectivity index (χ4n) is 1.96. The Morgan fingerprint density at radius 3 is 2.40 bits per heavy atom. The lowest BCUT2D eigenvalue weighted by atomic mass is 10.1. The third kappa shape index (κ3) is 5.74. The predicted octanol–water partition coefficient (Wildman–Crippen LogP) is 2.23. The molecule has 0 atom stereocenters. The lowest BCUT2D eigenvalue weighted by Gasteiger charge is -2.11. The second kappa shape index (κ2) is 9.00. The molecule has 0 bridgehead atoms. The van der Waals surface area contributed by atoms with Crippen molar-refractivity contribution in [1.29, 1.82) is 0 Å². The van der Waals surface area contributed by atoms with Crippen molar-refractivity contribution in [2.24, 2.45) is 0 Å². The van der Waals surface area contributed by atoms with Crippen LogP contribution in [0, 0.1) is 0 Å². The summed E-state index contributed by atoms with van der Waals surface area (Å²) in [7, 11) is 1.57. The lowest BCUT2D eigenvalue weighted by molar-refractivity contribution is -0.119. The summed E-state index contributed by atoms with van der Waals surface area (Å²) < 4.78 is 5.06. The molecule has 0 aliphatic heterocycles. The van der Waals surface area contributed by atoms with Gasteiger partial charge in [-0.15, -0.1) is 0 Å². The van der Waals surface area contributed by atoms with E-state index in [1.165, 1.54) is 0 Å². The fraction of sp³-hybridized carbons (Fsp3) is 0.118. The third-order valence-electron chi connectivity index (χ3n) is 3.18. The van der Waals surface area contributed by atoms with Gasteiger partial charge in [0.25, 0.3) is 5.91 Å². The SMILES string of the molecule is COc1ccc(CC(=O)NC(=S)NNC(=O)c2ccccc2Cl)cc1. The minimum absolute atomic E-state index is 0.0149. The molecule has 0 aliphatic rings. The van der Waals surface area contributed by atoms with E-state index in [-0.39, 0.29) is 17.4 Å². The lowest BCUT2D eigenvalue weighted by Crippen LogP contribution is -2.48. The van der Waals surface area contributed by atoms with Gasteiger partial charge in [-0.05, 0) is 42.0 Å². The highest BCUT2D eigenvalue weighted by Gasteiger charge is 2.11. The summed E-state index contributed by atoms with van der Waals surface area (Å²) in [5.41, 5.74) is 5.94. The molecule has 2 rings (SSSR count). The standard InChI is InChI=1S/C17H16ClN3O3S/c1-24-12-8-6-11(7-9-12)10-15(22)19-17(25)21-20-16(23)13-4-2-3-5-14(13)18/h2-9H,10H2,1H3,(H,20,23)(H2,19,21,22,25). The number of carbonyl (C=O) groups is 2. The molecule has 0 radical (unpaired) electrons. The molecule has 0 aromatic heterocycles. The number of rotatable bonds is 4. The van der Waals surface area contributed by atoms with Gasteiger partial charge in [0.05, 0.1) is 24.1 Å². The first-order valence-corrected chi connectivity index (χ1v) is 8.06. The van der Waals surface area contributed by atoms with Gasteiger partial charge >= 0.3 is 0 Å². The molecule has 0 spiro atoms. The summed E-state index contributed by atoms with van der Waals surface area (Å²) in [6.07, 6.45) is 0.143. The highest BCUT2D eigenvalue weighted by Crippen LogP contribution is 2.14. The van der Waals surface area contributed by atoms with Crippen LogP contribution < -0.4 is 20.9 Å². The van der Waals surface area contributed by atoms with E-state index < -0.39 is 5.91 Å². The molecule has 6 nitrogen and oxygen atoms in total. The van der Waals surface area contributed by atoms with Crippen molar-refractivity contribution in [3.05, 3.63) is 64.7 Å². The van der Waals surface area contributed by atoms with E-state index in [2.05, 4.69) is 16.2 Å². The van der Waals surface area contributed by atoms with Gasteiger partial charge in [-0.25, -0.2) is 0 Å². The molecule has 2 aromatic rings. The van der Waals surface area contributed by atoms with Crippen LogP contribution in [-0.4, -0.2) is 24.0 Å². The number of amides is 2. The smallest absolute Gasteiger partial charge is 0.271 e. The average Bonchev–Trinajstić information content (AvgIpc) is 2.60. The Bertz CT molecular complexity index is 781. The van der Waals surface area contributed by atoms with E-state index in [0.717, 1.165) is 5.56 Å². The summed E-state index contributed by atoms with van der Waals surface area (Å²) in [5, 5.41) is 2.78. The molecule has 0 unspecified atom stereocenters. The molecule has 0 saturated carbocycles. The van der Waals surface area contributed by atoms with Crippen molar-refractivity contribution in [2.45, 2.75) is 6.42 Å². The maximum atomic E-state index is 12.0. The van der Waals surface area contributed by atoms with Crippen LogP contribution >= 0.6 is 23.8 Å². The first-order valence-electron chi connectivity index (χ1n) is 7.27. The zero-order chi connectivity index (χ0) is 18.2. The average molecular weight is 378 g/mol. The maximum Gasteiger partial charge on any atom is 0.271 e. The predicted molar refractivity (Wildman–Crippen MR) is 99.5 cm³/mol. The Balaban J connectivity index is 1.80. The van der Waals surface area contributed by atoms with Crippen LogP contribution in [0.3, 0.4) is 0 Å². The van der Waals surface area contributed by atoms with Gasteiger partial charge in [0.1, 0.15) is 5.75 Å². The van der Waals surface area contributed by atoms with Crippen LogP contribution in [0.15, 0.2) is 48.5 Å². The number of hydrazine groups is 1. The van der Waals surface area contributed by atoms with Gasteiger partial charge < -0.3 is 10.1 Å². The van der Waals surface area contributed by atoms with Crippen LogP contribution in [0.25, 0.3) is 0 Å². The Morgan fingerprint density at radius 1 is 1.08 bits per heavy atom. The van der Waals surface area contributed by atoms with Crippen LogP contribution in [0.2, 0.25) is 5.02 Å². The molecule has 130 valence electrons. The van der Waals surface area contributed by atoms with E-state index in [0.29, 0.717) is 16.3 Å². The Morgan fingerprint density at radius 2 is 1.76 bits per heavy atom. The third-order valence-corrected chi connectivity index (χ3v) is 3.72. The number of methoxy groups -OCH3 is 1. The number of halogens is 1. The second-order valence-electron chi connectivity index (χ2n) is 4.96. The monoisotopic (exact) mass is 377 g/mol. The molecular weight excluding hydrogens is 362 g/mol. The summed E-state index contributed by atoms with van der Waals surface area (Å²) in [6.45, 7) is 0. The largest absolute Gasteiger partial charge is 0.497 e. The summed E-state index contributed by atoms with van der Waals surface area (Å²) in [5.74, 6) is -0.0596. The summed E-state index contributed by atoms with van der Waals surface area (Å²) in [6, 6.07) is 13.7. The molecule has 3 N–H and O–H groups in total. The van der Waals surface area contributed by atoms with Gasteiger partial charge in [0.15, 0.2) is 5.11 Å². The fourth-order valence-corrected chi connectivity index (χ4v) is 2.34. The van der Waals surface area contributed by atoms with Crippen molar-refractivity contribution in [3.8, 4) is 5.75 Å². The van der Waals surface area contributed by atoms with Gasteiger partial charge in [0.2, 0.25) is 5.91 Å². The van der Waals surface area contributed by atoms with Crippen molar-refractivity contribution in [3.63, 3.8) is 0 Å². The van der Waals surface area contributed by atoms with Crippen LogP contribution in [0.1, 0.15) is 15.9 Å². The van der Waals surface area contributed by atoms with Crippen LogP contribution in [0.4, 0.5) is 0 Å². The van der Waals surface area contributed by atoms with Crippen molar-refractivity contribution < 1.29 is 14.3 Å². The van der Waals surface area contributed by atoms with Gasteiger partial charge in [0, 0.05) is 0 Å². The molecule has 2 aromatic carbocycles. The second-order valence-corrected chi connectivity index (χ2v) is 5.78. The van der Waals surface area contributed by atoms with Crippen LogP contribution in [-0.2, 0) is 11.2 Å². The first kappa shape index (κ1) is 18.7. The zero-order valence-corrected chi connectivity index (χ0v) is 14.9. The molecule has 0 saturated heterocycles. The summed E-state index contributed by atoms with van der Waals surface area (Å²) in [4.78, 5) is 23.9. The number of thiocarbonyl (C=S) groups is 1. The topological polar surface area (TPSA) is 79.5 Å². The Hall–Kier alpha value is -2.64. The minimum Gasteiger partial charge on any atom is -0.497 e. The molecule has 8 heteroatoms. The summed E-state index contributed by atoms with van der Waals surface area (Å²) >= 11 is 10.9. The molecule has 0 fully saturated rings. The number of hydrogen-bond acceptors (Lipinski definition) is 4. The number of nitrogens with one attached hydrogen (secondary N) is 3. The number of hydrogen-bond donors (Lipinski definition) is 3. The number of ether oxygens (including phenoxy) is 1. The highest BCUT2D eigenvalue weighted by atomic mass is 35.5. The number of carbonyl (C=O) groups excluding carboxylic acids is 2. The quantitative estimate of drug-likeness (QED) is 0.562. The van der Waals surface area contributed by atoms with Crippen molar-refractivity contribution in [2.75, 3.05) is 7.11 Å². The molecule has 25 heavy (non-hydrogen) atoms.